The first-order valence-corrected chi connectivity index (χ1v) is 29.8. The van der Waals surface area contributed by atoms with Gasteiger partial charge in [-0.3, -0.25) is 9.35 Å². The van der Waals surface area contributed by atoms with Crippen LogP contribution in [0.4, 0.5) is 0 Å². The third kappa shape index (κ3) is 67.8. The largest absolute Gasteiger partial charge is 2.00 e. The molecule has 0 saturated carbocycles. The average molecular weight is 986 g/mol. The standard InChI is InChI=1S/2C26H51NO4S.Ca/c2*1-2-3-4-5-6-7-8-9-10-11-12-13-14-15-16-17-18-19-20-21-23-26(28)27-24-22-25-32(29,30)31;/h2*21,23H,2-20,22,24-25H2,1H3,(H,27,28)(H,29,30,31);/q;;+2/p-2/b2*23-21+;. The smallest absolute Gasteiger partial charge is 0.859 e. The van der Waals surface area contributed by atoms with E-state index in [2.05, 4.69) is 24.2 Å². The first-order valence-electron chi connectivity index (χ1n) is 26.6. The van der Waals surface area contributed by atoms with Crippen molar-refractivity contribution in [1.29, 1.82) is 0 Å². The van der Waals surface area contributed by atoms with E-state index in [1.807, 2.05) is 12.2 Å². The summed E-state index contributed by atoms with van der Waals surface area (Å²) in [5.74, 6) is -1.35. The van der Waals surface area contributed by atoms with Crippen LogP contribution in [0.3, 0.4) is 0 Å². The minimum atomic E-state index is -4.21. The van der Waals surface area contributed by atoms with Gasteiger partial charge in [-0.2, -0.15) is 8.42 Å². The third-order valence-electron chi connectivity index (χ3n) is 11.7. The maximum Gasteiger partial charge on any atom is 2.00 e. The van der Waals surface area contributed by atoms with Gasteiger partial charge in [0.25, 0.3) is 10.1 Å². The van der Waals surface area contributed by atoms with Crippen molar-refractivity contribution in [3.63, 3.8) is 0 Å². The van der Waals surface area contributed by atoms with Crippen molar-refractivity contribution in [3.05, 3.63) is 24.3 Å². The third-order valence-corrected chi connectivity index (χ3v) is 13.3. The molecule has 10 nitrogen and oxygen atoms in total. The van der Waals surface area contributed by atoms with Gasteiger partial charge in [0, 0.05) is 18.8 Å². The van der Waals surface area contributed by atoms with E-state index >= 15 is 0 Å². The average Bonchev–Trinajstić information content (AvgIpc) is 3.25. The Bertz CT molecular complexity index is 1310. The molecule has 0 saturated heterocycles. The molecule has 0 atom stereocenters. The van der Waals surface area contributed by atoms with Crippen molar-refractivity contribution in [1.82, 2.24) is 5.32 Å². The van der Waals surface area contributed by atoms with E-state index < -0.39 is 26.0 Å². The minimum Gasteiger partial charge on any atom is -0.859 e. The molecule has 1 amide bonds. The predicted octanol–water partition coefficient (Wildman–Crippen LogP) is 13.7. The summed E-state index contributed by atoms with van der Waals surface area (Å²) < 4.78 is 61.1. The van der Waals surface area contributed by atoms with Gasteiger partial charge >= 0.3 is 37.7 Å². The van der Waals surface area contributed by atoms with Crippen molar-refractivity contribution in [2.45, 2.75) is 271 Å². The van der Waals surface area contributed by atoms with Gasteiger partial charge in [-0.05, 0) is 50.5 Å². The second-order valence-corrected chi connectivity index (χ2v) is 21.3. The van der Waals surface area contributed by atoms with Gasteiger partial charge in [-0.25, -0.2) is 8.42 Å². The van der Waals surface area contributed by atoms with Gasteiger partial charge in [0.05, 0.1) is 15.9 Å². The van der Waals surface area contributed by atoms with E-state index in [-0.39, 0.29) is 81.2 Å². The number of nitrogens with zero attached hydrogens (tertiary/aromatic N) is 1. The molecule has 0 fully saturated rings. The van der Waals surface area contributed by atoms with Crippen LogP contribution in [0.2, 0.25) is 0 Å². The van der Waals surface area contributed by atoms with Gasteiger partial charge in [0.2, 0.25) is 5.91 Å². The first-order chi connectivity index (χ1) is 30.9. The topological polar surface area (TPSA) is 176 Å². The number of hydrogen-bond donors (Lipinski definition) is 2. The van der Waals surface area contributed by atoms with Crippen molar-refractivity contribution >= 4 is 69.8 Å². The number of hydrogen-bond acceptors (Lipinski definition) is 8. The van der Waals surface area contributed by atoms with Crippen LogP contribution in [-0.4, -0.2) is 100 Å². The van der Waals surface area contributed by atoms with E-state index in [9.17, 15) is 31.3 Å². The number of unbranched alkanes of at least 4 members (excludes halogenated alkanes) is 36. The zero-order chi connectivity index (χ0) is 47.5. The Balaban J connectivity index is -0.00000116. The molecule has 65 heavy (non-hydrogen) atoms. The number of aliphatic imine (C=N–C) groups is 1. The second kappa shape index (κ2) is 54.4. The zero-order valence-electron chi connectivity index (χ0n) is 42.2. The summed E-state index contributed by atoms with van der Waals surface area (Å²) in [4.78, 5) is 15.3. The van der Waals surface area contributed by atoms with Crippen molar-refractivity contribution in [3.8, 4) is 0 Å². The Hall–Kier alpha value is -0.500. The van der Waals surface area contributed by atoms with Crippen molar-refractivity contribution in [2.75, 3.05) is 24.6 Å². The quantitative estimate of drug-likeness (QED) is 0.0151. The molecule has 0 aliphatic heterocycles. The Morgan fingerprint density at radius 3 is 1.09 bits per heavy atom. The molecular formula is C52H100CaN2O8S2. The summed E-state index contributed by atoms with van der Waals surface area (Å²) in [6.07, 6.45) is 57.8. The molecule has 0 radical (unpaired) electrons. The van der Waals surface area contributed by atoms with Gasteiger partial charge in [-0.15, -0.1) is 0 Å². The number of nitrogens with one attached hydrogen (secondary N) is 1. The summed E-state index contributed by atoms with van der Waals surface area (Å²) in [5, 5.41) is 14.1. The minimum absolute atomic E-state index is 0. The van der Waals surface area contributed by atoms with Crippen LogP contribution in [0, 0.1) is 0 Å². The number of amides is 1. The van der Waals surface area contributed by atoms with Crippen LogP contribution in [0.1, 0.15) is 271 Å². The fourth-order valence-corrected chi connectivity index (χ4v) is 8.70. The molecule has 0 spiro atoms. The molecule has 0 aromatic heterocycles. The summed E-state index contributed by atoms with van der Waals surface area (Å²) in [6.45, 7) is 4.89. The molecule has 0 aromatic carbocycles. The van der Waals surface area contributed by atoms with Crippen LogP contribution in [-0.2, 0) is 25.0 Å². The maximum atomic E-state index is 11.5. The summed E-state index contributed by atoms with van der Waals surface area (Å²) in [7, 11) is -8.15. The summed E-state index contributed by atoms with van der Waals surface area (Å²) in [5.41, 5.74) is 0. The Morgan fingerprint density at radius 1 is 0.477 bits per heavy atom. The van der Waals surface area contributed by atoms with E-state index in [1.54, 1.807) is 0 Å². The molecule has 380 valence electrons. The number of rotatable bonds is 48. The van der Waals surface area contributed by atoms with E-state index in [4.69, 9.17) is 4.55 Å². The molecule has 0 unspecified atom stereocenters. The monoisotopic (exact) mass is 985 g/mol. The molecule has 0 aliphatic rings. The van der Waals surface area contributed by atoms with E-state index in [0.717, 1.165) is 25.7 Å². The van der Waals surface area contributed by atoms with E-state index in [0.29, 0.717) is 0 Å². The predicted molar refractivity (Wildman–Crippen MR) is 276 cm³/mol. The van der Waals surface area contributed by atoms with Gasteiger partial charge in [0.1, 0.15) is 0 Å². The maximum absolute atomic E-state index is 11.5. The van der Waals surface area contributed by atoms with Crippen LogP contribution in [0.15, 0.2) is 29.3 Å². The Labute approximate surface area is 432 Å². The van der Waals surface area contributed by atoms with Crippen LogP contribution >= 0.6 is 0 Å². The second-order valence-electron chi connectivity index (χ2n) is 18.2. The molecular weight excluding hydrogens is 885 g/mol. The molecule has 0 bridgehead atoms. The molecule has 13 heteroatoms. The number of carbonyl (C=O) groups excluding carboxylic acids is 1. The van der Waals surface area contributed by atoms with Gasteiger partial charge in [-0.1, -0.05) is 250 Å². The molecule has 0 aromatic rings. The van der Waals surface area contributed by atoms with Crippen molar-refractivity contribution < 1.29 is 35.8 Å². The fraction of sp³-hybridized carbons (Fsp3) is 0.885. The fourth-order valence-electron chi connectivity index (χ4n) is 7.71. The summed E-state index contributed by atoms with van der Waals surface area (Å²) >= 11 is 0. The first kappa shape index (κ1) is 68.8. The Morgan fingerprint density at radius 2 is 0.785 bits per heavy atom. The van der Waals surface area contributed by atoms with Crippen molar-refractivity contribution in [2.24, 2.45) is 4.99 Å². The normalized spacial score (nSPS) is 12.2. The van der Waals surface area contributed by atoms with Crippen LogP contribution < -0.4 is 10.4 Å². The Kier molecular flexibility index (Phi) is 57.6. The van der Waals surface area contributed by atoms with E-state index in [1.165, 1.54) is 230 Å². The molecule has 0 aliphatic carbocycles. The SMILES string of the molecule is CCCCCCCCCCCCCCCCCCCC/C=C/C(=O)NCCCS(=O)(=O)O.CCCCCCCCCCCCCCCCCCCC/C=C/C([O-])=NCCCS(=O)(=O)[O-].[Ca+2]. The van der Waals surface area contributed by atoms with Crippen LogP contribution in [0.25, 0.3) is 0 Å². The van der Waals surface area contributed by atoms with Gasteiger partial charge in [0.15, 0.2) is 0 Å². The van der Waals surface area contributed by atoms with Crippen LogP contribution in [0.5, 0.6) is 0 Å². The molecule has 2 N–H and O–H groups in total. The molecule has 0 rings (SSSR count). The molecule has 0 heterocycles. The zero-order valence-corrected chi connectivity index (χ0v) is 46.0. The number of carbonyl (C=O) groups is 1. The number of allylic oxidation sites excluding steroid dienone is 2. The van der Waals surface area contributed by atoms with Gasteiger partial charge < -0.3 is 20.0 Å². The summed E-state index contributed by atoms with van der Waals surface area (Å²) in [6, 6.07) is 0.